The quantitative estimate of drug-likeness (QED) is 0.937. The minimum absolute atomic E-state index is 0.0866. The summed E-state index contributed by atoms with van der Waals surface area (Å²) in [6.07, 6.45) is -0.0866. The number of rotatable bonds is 4. The van der Waals surface area contributed by atoms with Gasteiger partial charge in [0.1, 0.15) is 6.61 Å². The van der Waals surface area contributed by atoms with Crippen molar-refractivity contribution in [2.24, 2.45) is 0 Å². The molecule has 0 aliphatic carbocycles. The van der Waals surface area contributed by atoms with Gasteiger partial charge in [-0.3, -0.25) is 0 Å². The lowest BCUT2D eigenvalue weighted by Gasteiger charge is -2.24. The molecule has 4 heteroatoms. The molecule has 0 saturated carbocycles. The minimum atomic E-state index is -0.349. The van der Waals surface area contributed by atoms with Gasteiger partial charge in [-0.25, -0.2) is 4.39 Å². The first-order valence-corrected chi connectivity index (χ1v) is 7.11. The van der Waals surface area contributed by atoms with Crippen LogP contribution in [0.1, 0.15) is 17.2 Å². The van der Waals surface area contributed by atoms with Crippen molar-refractivity contribution in [1.29, 1.82) is 0 Å². The van der Waals surface area contributed by atoms with Crippen molar-refractivity contribution in [3.63, 3.8) is 0 Å². The van der Waals surface area contributed by atoms with Crippen molar-refractivity contribution < 1.29 is 13.9 Å². The first-order chi connectivity index (χ1) is 10.3. The molecule has 0 spiro atoms. The van der Waals surface area contributed by atoms with Crippen LogP contribution in [0.4, 0.5) is 4.39 Å². The molecule has 1 saturated heterocycles. The van der Waals surface area contributed by atoms with Gasteiger partial charge in [-0.2, -0.15) is 0 Å². The molecule has 1 aliphatic rings. The van der Waals surface area contributed by atoms with E-state index in [1.807, 2.05) is 36.4 Å². The molecule has 1 atom stereocenters. The predicted octanol–water partition coefficient (Wildman–Crippen LogP) is 3.07. The van der Waals surface area contributed by atoms with Crippen LogP contribution in [0.5, 0.6) is 5.75 Å². The van der Waals surface area contributed by atoms with Crippen LogP contribution in [0.3, 0.4) is 0 Å². The fourth-order valence-electron chi connectivity index (χ4n) is 2.35. The van der Waals surface area contributed by atoms with Crippen LogP contribution in [0.25, 0.3) is 0 Å². The molecule has 0 bridgehead atoms. The van der Waals surface area contributed by atoms with Crippen molar-refractivity contribution in [3.8, 4) is 5.75 Å². The highest BCUT2D eigenvalue weighted by molar-refractivity contribution is 5.31. The van der Waals surface area contributed by atoms with Gasteiger partial charge in [-0.15, -0.1) is 0 Å². The highest BCUT2D eigenvalue weighted by atomic mass is 19.1. The summed E-state index contributed by atoms with van der Waals surface area (Å²) in [7, 11) is 0. The van der Waals surface area contributed by atoms with Crippen LogP contribution >= 0.6 is 0 Å². The molecule has 0 radical (unpaired) electrons. The molecule has 110 valence electrons. The second-order valence-corrected chi connectivity index (χ2v) is 5.03. The van der Waals surface area contributed by atoms with E-state index < -0.39 is 0 Å². The molecule has 3 rings (SSSR count). The van der Waals surface area contributed by atoms with Gasteiger partial charge in [0.15, 0.2) is 11.6 Å². The summed E-state index contributed by atoms with van der Waals surface area (Å²) in [5.41, 5.74) is 1.85. The van der Waals surface area contributed by atoms with Crippen molar-refractivity contribution in [1.82, 2.24) is 5.32 Å². The van der Waals surface area contributed by atoms with E-state index in [2.05, 4.69) is 5.32 Å². The van der Waals surface area contributed by atoms with Gasteiger partial charge in [0.25, 0.3) is 0 Å². The molecule has 1 N–H and O–H groups in total. The average molecular weight is 287 g/mol. The Bertz CT molecular complexity index is 583. The Labute approximate surface area is 123 Å². The Morgan fingerprint density at radius 2 is 2.05 bits per heavy atom. The third kappa shape index (κ3) is 3.60. The fraction of sp³-hybridized carbons (Fsp3) is 0.294. The summed E-state index contributed by atoms with van der Waals surface area (Å²) >= 11 is 0. The topological polar surface area (TPSA) is 30.5 Å². The number of benzene rings is 2. The number of hydrogen-bond acceptors (Lipinski definition) is 3. The highest BCUT2D eigenvalue weighted by Crippen LogP contribution is 2.25. The third-order valence-electron chi connectivity index (χ3n) is 3.49. The minimum Gasteiger partial charge on any atom is -0.486 e. The van der Waals surface area contributed by atoms with E-state index >= 15 is 0 Å². The van der Waals surface area contributed by atoms with Crippen molar-refractivity contribution in [2.75, 3.05) is 19.7 Å². The van der Waals surface area contributed by atoms with Crippen molar-refractivity contribution >= 4 is 0 Å². The molecule has 1 unspecified atom stereocenters. The Kier molecular flexibility index (Phi) is 4.48. The van der Waals surface area contributed by atoms with Gasteiger partial charge < -0.3 is 14.8 Å². The van der Waals surface area contributed by atoms with Gasteiger partial charge in [-0.1, -0.05) is 36.4 Å². The van der Waals surface area contributed by atoms with Gasteiger partial charge in [0, 0.05) is 13.1 Å². The number of hydrogen-bond donors (Lipinski definition) is 1. The summed E-state index contributed by atoms with van der Waals surface area (Å²) in [5.74, 6) is -0.0797. The standard InChI is InChI=1S/C17H18FNO2/c18-15-10-14(17-11-19-8-9-20-17)6-7-16(15)21-12-13-4-2-1-3-5-13/h1-7,10,17,19H,8-9,11-12H2. The van der Waals surface area contributed by atoms with Crippen LogP contribution in [0.2, 0.25) is 0 Å². The zero-order valence-electron chi connectivity index (χ0n) is 11.7. The fourth-order valence-corrected chi connectivity index (χ4v) is 2.35. The second kappa shape index (κ2) is 6.70. The Morgan fingerprint density at radius 1 is 1.19 bits per heavy atom. The zero-order valence-corrected chi connectivity index (χ0v) is 11.7. The summed E-state index contributed by atoms with van der Waals surface area (Å²) < 4.78 is 25.3. The second-order valence-electron chi connectivity index (χ2n) is 5.03. The Morgan fingerprint density at radius 3 is 2.76 bits per heavy atom. The molecule has 1 aliphatic heterocycles. The number of halogens is 1. The van der Waals surface area contributed by atoms with Gasteiger partial charge in [0.05, 0.1) is 12.7 Å². The number of nitrogens with one attached hydrogen (secondary N) is 1. The van der Waals surface area contributed by atoms with E-state index in [9.17, 15) is 4.39 Å². The average Bonchev–Trinajstić information content (AvgIpc) is 2.55. The summed E-state index contributed by atoms with van der Waals surface area (Å²) in [6, 6.07) is 14.8. The highest BCUT2D eigenvalue weighted by Gasteiger charge is 2.17. The first-order valence-electron chi connectivity index (χ1n) is 7.11. The maximum atomic E-state index is 14.1. The van der Waals surface area contributed by atoms with E-state index in [0.29, 0.717) is 19.8 Å². The molecule has 2 aromatic rings. The molecular formula is C17H18FNO2. The van der Waals surface area contributed by atoms with Crippen molar-refractivity contribution in [3.05, 3.63) is 65.5 Å². The zero-order chi connectivity index (χ0) is 14.5. The smallest absolute Gasteiger partial charge is 0.165 e. The monoisotopic (exact) mass is 287 g/mol. The van der Waals surface area contributed by atoms with Crippen LogP contribution < -0.4 is 10.1 Å². The van der Waals surface area contributed by atoms with Crippen molar-refractivity contribution in [2.45, 2.75) is 12.7 Å². The number of ether oxygens (including phenoxy) is 2. The van der Waals surface area contributed by atoms with E-state index in [1.54, 1.807) is 6.07 Å². The largest absolute Gasteiger partial charge is 0.486 e. The lowest BCUT2D eigenvalue weighted by Crippen LogP contribution is -2.33. The Balaban J connectivity index is 1.66. The van der Waals surface area contributed by atoms with E-state index in [-0.39, 0.29) is 17.7 Å². The number of morpholine rings is 1. The lowest BCUT2D eigenvalue weighted by molar-refractivity contribution is 0.0274. The third-order valence-corrected chi connectivity index (χ3v) is 3.49. The van der Waals surface area contributed by atoms with Gasteiger partial charge >= 0.3 is 0 Å². The van der Waals surface area contributed by atoms with Gasteiger partial charge in [0.2, 0.25) is 0 Å². The molecule has 3 nitrogen and oxygen atoms in total. The Hall–Kier alpha value is -1.91. The first kappa shape index (κ1) is 14.0. The maximum Gasteiger partial charge on any atom is 0.165 e. The molecule has 0 amide bonds. The molecule has 1 heterocycles. The molecule has 0 aromatic heterocycles. The maximum absolute atomic E-state index is 14.1. The molecule has 2 aromatic carbocycles. The van der Waals surface area contributed by atoms with Crippen LogP contribution in [0, 0.1) is 5.82 Å². The molecule has 21 heavy (non-hydrogen) atoms. The van der Waals surface area contributed by atoms with Crippen LogP contribution in [-0.2, 0) is 11.3 Å². The van der Waals surface area contributed by atoms with Crippen LogP contribution in [-0.4, -0.2) is 19.7 Å². The van der Waals surface area contributed by atoms with E-state index in [0.717, 1.165) is 17.7 Å². The lowest BCUT2D eigenvalue weighted by atomic mass is 10.1. The summed E-state index contributed by atoms with van der Waals surface area (Å²) in [6.45, 7) is 2.57. The van der Waals surface area contributed by atoms with Crippen LogP contribution in [0.15, 0.2) is 48.5 Å². The van der Waals surface area contributed by atoms with E-state index in [1.165, 1.54) is 6.07 Å². The summed E-state index contributed by atoms with van der Waals surface area (Å²) in [4.78, 5) is 0. The molecular weight excluding hydrogens is 269 g/mol. The van der Waals surface area contributed by atoms with Gasteiger partial charge in [-0.05, 0) is 23.3 Å². The summed E-state index contributed by atoms with van der Waals surface area (Å²) in [5, 5.41) is 3.24. The normalized spacial score (nSPS) is 18.4. The predicted molar refractivity (Wildman–Crippen MR) is 78.7 cm³/mol. The SMILES string of the molecule is Fc1cc(C2CNCCO2)ccc1OCc1ccccc1. The molecule has 1 fully saturated rings. The van der Waals surface area contributed by atoms with E-state index in [4.69, 9.17) is 9.47 Å².